The van der Waals surface area contributed by atoms with Crippen molar-refractivity contribution in [3.8, 4) is 22.5 Å². The largest absolute Gasteiger partial charge is 0.418 e. The quantitative estimate of drug-likeness (QED) is 0.325. The molecule has 0 fully saturated rings. The maximum atomic E-state index is 13.1. The fraction of sp³-hybridized carbons (Fsp3) is 0.174. The van der Waals surface area contributed by atoms with Crippen molar-refractivity contribution in [3.05, 3.63) is 70.4 Å². The van der Waals surface area contributed by atoms with Gasteiger partial charge in [-0.2, -0.15) is 13.2 Å². The highest BCUT2D eigenvalue weighted by atomic mass is 32.2. The van der Waals surface area contributed by atoms with Crippen molar-refractivity contribution in [3.63, 3.8) is 0 Å². The van der Waals surface area contributed by atoms with Crippen LogP contribution in [-0.4, -0.2) is 26.4 Å². The lowest BCUT2D eigenvalue weighted by atomic mass is 10.0. The molecule has 0 radical (unpaired) electrons. The Balaban J connectivity index is 1.50. The number of carbonyl (C=O) groups excluding carboxylic acids is 1. The number of thiophene rings is 1. The number of benzene rings is 2. The van der Waals surface area contributed by atoms with Crippen molar-refractivity contribution in [1.29, 1.82) is 0 Å². The number of halogens is 3. The zero-order chi connectivity index (χ0) is 23.6. The zero-order valence-corrected chi connectivity index (χ0v) is 19.3. The van der Waals surface area contributed by atoms with E-state index in [9.17, 15) is 18.0 Å². The number of aromatic nitrogens is 3. The number of thioether (sulfide) groups is 1. The van der Waals surface area contributed by atoms with Crippen LogP contribution in [0.25, 0.3) is 22.5 Å². The number of nitrogens with one attached hydrogen (secondary N) is 1. The highest BCUT2D eigenvalue weighted by Gasteiger charge is 2.33. The minimum absolute atomic E-state index is 0.105. The van der Waals surface area contributed by atoms with Gasteiger partial charge in [0.2, 0.25) is 5.91 Å². The molecule has 1 amide bonds. The van der Waals surface area contributed by atoms with E-state index in [1.807, 2.05) is 42.6 Å². The number of rotatable bonds is 6. The summed E-state index contributed by atoms with van der Waals surface area (Å²) in [7, 11) is 1.80. The predicted octanol–water partition coefficient (Wildman–Crippen LogP) is 6.27. The molecule has 33 heavy (non-hydrogen) atoms. The molecule has 4 aromatic rings. The lowest BCUT2D eigenvalue weighted by Gasteiger charge is -2.13. The molecule has 2 aromatic heterocycles. The first kappa shape index (κ1) is 23.1. The van der Waals surface area contributed by atoms with Crippen LogP contribution in [0.15, 0.2) is 65.1 Å². The molecular formula is C23H19F3N4OS2. The molecule has 0 saturated heterocycles. The second-order valence-corrected chi connectivity index (χ2v) is 9.22. The smallest absolute Gasteiger partial charge is 0.325 e. The maximum absolute atomic E-state index is 13.1. The van der Waals surface area contributed by atoms with Gasteiger partial charge in [-0.15, -0.1) is 21.5 Å². The molecule has 0 aliphatic carbocycles. The maximum Gasteiger partial charge on any atom is 0.418 e. The Morgan fingerprint density at radius 1 is 1.09 bits per heavy atom. The summed E-state index contributed by atoms with van der Waals surface area (Å²) in [6.07, 6.45) is -4.55. The van der Waals surface area contributed by atoms with Gasteiger partial charge in [0.1, 0.15) is 0 Å². The van der Waals surface area contributed by atoms with Gasteiger partial charge in [0, 0.05) is 28.4 Å². The molecule has 5 nitrogen and oxygen atoms in total. The summed E-state index contributed by atoms with van der Waals surface area (Å²) in [4.78, 5) is 13.5. The van der Waals surface area contributed by atoms with Crippen molar-refractivity contribution in [2.24, 2.45) is 7.05 Å². The zero-order valence-electron chi connectivity index (χ0n) is 17.7. The molecule has 0 aliphatic rings. The van der Waals surface area contributed by atoms with Crippen molar-refractivity contribution >= 4 is 34.7 Å². The van der Waals surface area contributed by atoms with Crippen molar-refractivity contribution in [2.75, 3.05) is 11.1 Å². The first-order chi connectivity index (χ1) is 15.8. The normalized spacial score (nSPS) is 11.5. The average molecular weight is 489 g/mol. The summed E-state index contributed by atoms with van der Waals surface area (Å²) in [5, 5.41) is 13.4. The van der Waals surface area contributed by atoms with Crippen LogP contribution < -0.4 is 5.32 Å². The van der Waals surface area contributed by atoms with E-state index in [0.717, 1.165) is 39.4 Å². The van der Waals surface area contributed by atoms with E-state index >= 15 is 0 Å². The molecule has 0 atom stereocenters. The van der Waals surface area contributed by atoms with Gasteiger partial charge in [0.05, 0.1) is 17.0 Å². The average Bonchev–Trinajstić information content (AvgIpc) is 3.34. The summed E-state index contributed by atoms with van der Waals surface area (Å²) >= 11 is 2.73. The lowest BCUT2D eigenvalue weighted by molar-refractivity contribution is -0.137. The Hall–Kier alpha value is -3.11. The van der Waals surface area contributed by atoms with Crippen molar-refractivity contribution in [2.45, 2.75) is 18.3 Å². The van der Waals surface area contributed by atoms with Gasteiger partial charge >= 0.3 is 6.18 Å². The van der Waals surface area contributed by atoms with E-state index in [1.165, 1.54) is 18.2 Å². The van der Waals surface area contributed by atoms with E-state index in [0.29, 0.717) is 11.0 Å². The second kappa shape index (κ2) is 9.40. The lowest BCUT2D eigenvalue weighted by Crippen LogP contribution is -2.18. The highest BCUT2D eigenvalue weighted by molar-refractivity contribution is 7.99. The molecular weight excluding hydrogens is 469 g/mol. The summed E-state index contributed by atoms with van der Waals surface area (Å²) in [5.41, 5.74) is 1.94. The summed E-state index contributed by atoms with van der Waals surface area (Å²) < 4.78 is 41.2. The van der Waals surface area contributed by atoms with E-state index in [-0.39, 0.29) is 11.4 Å². The van der Waals surface area contributed by atoms with Crippen LogP contribution in [0.2, 0.25) is 0 Å². The van der Waals surface area contributed by atoms with E-state index < -0.39 is 17.6 Å². The minimum Gasteiger partial charge on any atom is -0.325 e. The topological polar surface area (TPSA) is 59.8 Å². The number of aryl methyl sites for hydroxylation is 1. The van der Waals surface area contributed by atoms with E-state index in [1.54, 1.807) is 23.0 Å². The number of carbonyl (C=O) groups is 1. The first-order valence-electron chi connectivity index (χ1n) is 9.88. The van der Waals surface area contributed by atoms with Crippen LogP contribution in [-0.2, 0) is 18.0 Å². The molecule has 0 aliphatic heterocycles. The number of anilines is 1. The van der Waals surface area contributed by atoms with Gasteiger partial charge < -0.3 is 9.88 Å². The third-order valence-electron chi connectivity index (χ3n) is 4.95. The summed E-state index contributed by atoms with van der Waals surface area (Å²) in [5.74, 6) is -0.00652. The van der Waals surface area contributed by atoms with E-state index in [2.05, 4.69) is 15.5 Å². The number of nitrogens with zero attached hydrogens (tertiary/aromatic N) is 3. The van der Waals surface area contributed by atoms with Gasteiger partial charge in [0.15, 0.2) is 11.0 Å². The Bertz CT molecular complexity index is 1280. The summed E-state index contributed by atoms with van der Waals surface area (Å²) in [6, 6.07) is 14.9. The first-order valence-corrected chi connectivity index (χ1v) is 11.7. The van der Waals surface area contributed by atoms with Crippen LogP contribution >= 0.6 is 23.1 Å². The van der Waals surface area contributed by atoms with Crippen LogP contribution in [0.4, 0.5) is 18.9 Å². The fourth-order valence-corrected chi connectivity index (χ4v) is 4.99. The molecule has 170 valence electrons. The Morgan fingerprint density at radius 3 is 2.52 bits per heavy atom. The van der Waals surface area contributed by atoms with Crippen LogP contribution in [0.5, 0.6) is 0 Å². The molecule has 4 rings (SSSR count). The fourth-order valence-electron chi connectivity index (χ4n) is 3.41. The third kappa shape index (κ3) is 4.96. The Kier molecular flexibility index (Phi) is 6.57. The number of para-hydroxylation sites is 1. The standard InChI is InChI=1S/C23H19F3N4OS2/c1-14-20(15-8-4-3-5-9-15)16(12-32-14)21-28-29-22(30(21)2)33-13-19(31)27-18-11-7-6-10-17(18)23(24,25)26/h3-12H,13H2,1-2H3,(H,27,31). The van der Waals surface area contributed by atoms with Gasteiger partial charge in [-0.05, 0) is 24.6 Å². The van der Waals surface area contributed by atoms with Crippen LogP contribution in [0.3, 0.4) is 0 Å². The number of hydrogen-bond donors (Lipinski definition) is 1. The van der Waals surface area contributed by atoms with Gasteiger partial charge in [0.25, 0.3) is 0 Å². The molecule has 2 heterocycles. The van der Waals surface area contributed by atoms with Gasteiger partial charge in [-0.1, -0.05) is 54.2 Å². The SMILES string of the molecule is Cc1scc(-c2nnc(SCC(=O)Nc3ccccc3C(F)(F)F)n2C)c1-c1ccccc1. The predicted molar refractivity (Wildman–Crippen MR) is 125 cm³/mol. The molecule has 10 heteroatoms. The van der Waals surface area contributed by atoms with Crippen LogP contribution in [0.1, 0.15) is 10.4 Å². The van der Waals surface area contributed by atoms with Gasteiger partial charge in [-0.3, -0.25) is 4.79 Å². The van der Waals surface area contributed by atoms with Crippen LogP contribution in [0, 0.1) is 6.92 Å². The molecule has 0 bridgehead atoms. The number of hydrogen-bond acceptors (Lipinski definition) is 5. The molecule has 0 unspecified atom stereocenters. The Labute approximate surface area is 196 Å². The summed E-state index contributed by atoms with van der Waals surface area (Å²) in [6.45, 7) is 2.05. The third-order valence-corrected chi connectivity index (χ3v) is 6.88. The minimum atomic E-state index is -4.55. The molecule has 0 spiro atoms. The number of amides is 1. The molecule has 0 saturated carbocycles. The van der Waals surface area contributed by atoms with Crippen molar-refractivity contribution in [1.82, 2.24) is 14.8 Å². The van der Waals surface area contributed by atoms with E-state index in [4.69, 9.17) is 0 Å². The second-order valence-electron chi connectivity index (χ2n) is 7.19. The highest BCUT2D eigenvalue weighted by Crippen LogP contribution is 2.39. The number of alkyl halides is 3. The Morgan fingerprint density at radius 2 is 1.79 bits per heavy atom. The van der Waals surface area contributed by atoms with Gasteiger partial charge in [-0.25, -0.2) is 0 Å². The monoisotopic (exact) mass is 488 g/mol. The molecule has 1 N–H and O–H groups in total. The van der Waals surface area contributed by atoms with Crippen molar-refractivity contribution < 1.29 is 18.0 Å². The molecule has 2 aromatic carbocycles.